The van der Waals surface area contributed by atoms with E-state index < -0.39 is 0 Å². The Hall–Kier alpha value is -0.960. The van der Waals surface area contributed by atoms with Gasteiger partial charge in [0.25, 0.3) is 0 Å². The van der Waals surface area contributed by atoms with Crippen molar-refractivity contribution in [3.05, 3.63) is 23.8 Å². The van der Waals surface area contributed by atoms with E-state index in [2.05, 4.69) is 9.97 Å². The summed E-state index contributed by atoms with van der Waals surface area (Å²) in [6.07, 6.45) is 3.85. The average Bonchev–Trinajstić information content (AvgIpc) is 2.03. The molecule has 1 heterocycles. The van der Waals surface area contributed by atoms with Crippen molar-refractivity contribution in [3.63, 3.8) is 0 Å². The van der Waals surface area contributed by atoms with Crippen LogP contribution in [-0.2, 0) is 11.3 Å². The van der Waals surface area contributed by atoms with Crippen molar-refractivity contribution in [2.45, 2.75) is 33.5 Å². The maximum atomic E-state index is 5.39. The topological polar surface area (TPSA) is 35.0 Å². The molecule has 12 heavy (non-hydrogen) atoms. The van der Waals surface area contributed by atoms with Crippen LogP contribution in [0.3, 0.4) is 0 Å². The van der Waals surface area contributed by atoms with E-state index in [0.29, 0.717) is 6.61 Å². The van der Waals surface area contributed by atoms with Crippen molar-refractivity contribution in [2.75, 3.05) is 0 Å². The van der Waals surface area contributed by atoms with Crippen molar-refractivity contribution in [1.29, 1.82) is 0 Å². The van der Waals surface area contributed by atoms with Gasteiger partial charge in [-0.15, -0.1) is 0 Å². The van der Waals surface area contributed by atoms with Gasteiger partial charge in [-0.3, -0.25) is 0 Å². The van der Waals surface area contributed by atoms with Crippen LogP contribution in [0.25, 0.3) is 0 Å². The maximum Gasteiger partial charge on any atom is 0.125 e. The lowest BCUT2D eigenvalue weighted by atomic mass is 10.3. The van der Waals surface area contributed by atoms with Gasteiger partial charge in [0.1, 0.15) is 5.82 Å². The fourth-order valence-corrected chi connectivity index (χ4v) is 0.757. The molecule has 0 saturated carbocycles. The Kier molecular flexibility index (Phi) is 3.17. The minimum atomic E-state index is 0.256. The fraction of sp³-hybridized carbons (Fsp3) is 0.556. The minimum Gasteiger partial charge on any atom is -0.374 e. The second kappa shape index (κ2) is 4.16. The third-order valence-corrected chi connectivity index (χ3v) is 1.42. The van der Waals surface area contributed by atoms with Crippen LogP contribution >= 0.6 is 0 Å². The number of rotatable bonds is 3. The molecule has 0 radical (unpaired) electrons. The van der Waals surface area contributed by atoms with Crippen LogP contribution in [0, 0.1) is 6.92 Å². The molecule has 0 bridgehead atoms. The molecule has 0 aromatic carbocycles. The van der Waals surface area contributed by atoms with Gasteiger partial charge in [-0.2, -0.15) is 0 Å². The summed E-state index contributed by atoms with van der Waals surface area (Å²) >= 11 is 0. The minimum absolute atomic E-state index is 0.256. The lowest BCUT2D eigenvalue weighted by molar-refractivity contribution is 0.0653. The van der Waals surface area contributed by atoms with Crippen LogP contribution in [0.1, 0.15) is 25.2 Å². The standard InChI is InChI=1S/C9H14N2O/c1-7(2)12-6-9-4-10-8(3)11-5-9/h4-5,7H,6H2,1-3H3. The van der Waals surface area contributed by atoms with Crippen LogP contribution < -0.4 is 0 Å². The van der Waals surface area contributed by atoms with Gasteiger partial charge >= 0.3 is 0 Å². The molecule has 1 aromatic rings. The second-order valence-corrected chi connectivity index (χ2v) is 3.00. The van der Waals surface area contributed by atoms with E-state index >= 15 is 0 Å². The van der Waals surface area contributed by atoms with E-state index in [1.165, 1.54) is 0 Å². The van der Waals surface area contributed by atoms with Gasteiger partial charge in [0.2, 0.25) is 0 Å². The molecule has 3 nitrogen and oxygen atoms in total. The van der Waals surface area contributed by atoms with E-state index in [9.17, 15) is 0 Å². The summed E-state index contributed by atoms with van der Waals surface area (Å²) in [4.78, 5) is 8.13. The van der Waals surface area contributed by atoms with Crippen molar-refractivity contribution < 1.29 is 4.74 Å². The first-order valence-corrected chi connectivity index (χ1v) is 4.07. The zero-order valence-electron chi connectivity index (χ0n) is 7.74. The molecule has 0 aliphatic carbocycles. The van der Waals surface area contributed by atoms with Crippen molar-refractivity contribution >= 4 is 0 Å². The summed E-state index contributed by atoms with van der Waals surface area (Å²) in [5, 5.41) is 0. The molecule has 3 heteroatoms. The van der Waals surface area contributed by atoms with Gasteiger partial charge in [0.15, 0.2) is 0 Å². The molecular formula is C9H14N2O. The van der Waals surface area contributed by atoms with E-state index in [-0.39, 0.29) is 6.10 Å². The molecule has 0 amide bonds. The summed E-state index contributed by atoms with van der Waals surface area (Å²) < 4.78 is 5.39. The molecular weight excluding hydrogens is 152 g/mol. The summed E-state index contributed by atoms with van der Waals surface area (Å²) in [5.41, 5.74) is 1.02. The Morgan fingerprint density at radius 2 is 1.92 bits per heavy atom. The predicted octanol–water partition coefficient (Wildman–Crippen LogP) is 1.71. The predicted molar refractivity (Wildman–Crippen MR) is 46.7 cm³/mol. The molecule has 0 aliphatic heterocycles. The Labute approximate surface area is 72.8 Å². The van der Waals surface area contributed by atoms with Gasteiger partial charge in [-0.05, 0) is 20.8 Å². The molecule has 0 unspecified atom stereocenters. The van der Waals surface area contributed by atoms with E-state index in [0.717, 1.165) is 11.4 Å². The lowest BCUT2D eigenvalue weighted by Crippen LogP contribution is -2.03. The van der Waals surface area contributed by atoms with Crippen LogP contribution in [0.4, 0.5) is 0 Å². The normalized spacial score (nSPS) is 10.7. The van der Waals surface area contributed by atoms with Gasteiger partial charge in [-0.25, -0.2) is 9.97 Å². The highest BCUT2D eigenvalue weighted by molar-refractivity contribution is 5.02. The smallest absolute Gasteiger partial charge is 0.125 e. The molecule has 66 valence electrons. The van der Waals surface area contributed by atoms with Crippen LogP contribution in [0.2, 0.25) is 0 Å². The number of aromatic nitrogens is 2. The van der Waals surface area contributed by atoms with Crippen molar-refractivity contribution in [1.82, 2.24) is 9.97 Å². The second-order valence-electron chi connectivity index (χ2n) is 3.00. The maximum absolute atomic E-state index is 5.39. The Balaban J connectivity index is 2.48. The largest absolute Gasteiger partial charge is 0.374 e. The molecule has 0 atom stereocenters. The molecule has 0 fully saturated rings. The van der Waals surface area contributed by atoms with Crippen LogP contribution in [-0.4, -0.2) is 16.1 Å². The van der Waals surface area contributed by atoms with Gasteiger partial charge in [-0.1, -0.05) is 0 Å². The summed E-state index contributed by atoms with van der Waals surface area (Å²) in [5.74, 6) is 0.795. The number of aryl methyl sites for hydroxylation is 1. The van der Waals surface area contributed by atoms with E-state index in [1.807, 2.05) is 20.8 Å². The number of nitrogens with zero attached hydrogens (tertiary/aromatic N) is 2. The molecule has 0 N–H and O–H groups in total. The highest BCUT2D eigenvalue weighted by Gasteiger charge is 1.96. The summed E-state index contributed by atoms with van der Waals surface area (Å²) in [7, 11) is 0. The Morgan fingerprint density at radius 1 is 1.33 bits per heavy atom. The highest BCUT2D eigenvalue weighted by atomic mass is 16.5. The zero-order chi connectivity index (χ0) is 8.97. The van der Waals surface area contributed by atoms with Crippen molar-refractivity contribution in [3.8, 4) is 0 Å². The van der Waals surface area contributed by atoms with E-state index in [1.54, 1.807) is 12.4 Å². The molecule has 0 spiro atoms. The Bertz CT molecular complexity index is 231. The quantitative estimate of drug-likeness (QED) is 0.685. The number of hydrogen-bond donors (Lipinski definition) is 0. The fourth-order valence-electron chi connectivity index (χ4n) is 0.757. The van der Waals surface area contributed by atoms with Crippen molar-refractivity contribution in [2.24, 2.45) is 0 Å². The third kappa shape index (κ3) is 2.96. The molecule has 0 aliphatic rings. The lowest BCUT2D eigenvalue weighted by Gasteiger charge is -2.06. The number of ether oxygens (including phenoxy) is 1. The molecule has 1 aromatic heterocycles. The first kappa shape index (κ1) is 9.13. The first-order valence-electron chi connectivity index (χ1n) is 4.07. The zero-order valence-corrected chi connectivity index (χ0v) is 7.74. The van der Waals surface area contributed by atoms with Gasteiger partial charge in [0, 0.05) is 18.0 Å². The van der Waals surface area contributed by atoms with Crippen LogP contribution in [0.15, 0.2) is 12.4 Å². The monoisotopic (exact) mass is 166 g/mol. The molecule has 1 rings (SSSR count). The summed E-state index contributed by atoms with van der Waals surface area (Å²) in [6.45, 7) is 6.48. The third-order valence-electron chi connectivity index (χ3n) is 1.42. The average molecular weight is 166 g/mol. The SMILES string of the molecule is Cc1ncc(COC(C)C)cn1. The van der Waals surface area contributed by atoms with Gasteiger partial charge < -0.3 is 4.74 Å². The molecule has 0 saturated heterocycles. The van der Waals surface area contributed by atoms with Gasteiger partial charge in [0.05, 0.1) is 12.7 Å². The van der Waals surface area contributed by atoms with E-state index in [4.69, 9.17) is 4.74 Å². The van der Waals surface area contributed by atoms with Crippen LogP contribution in [0.5, 0.6) is 0 Å². The highest BCUT2D eigenvalue weighted by Crippen LogP contribution is 2.00. The number of hydrogen-bond acceptors (Lipinski definition) is 3. The first-order chi connectivity index (χ1) is 5.68. The summed E-state index contributed by atoms with van der Waals surface area (Å²) in [6, 6.07) is 0. The Morgan fingerprint density at radius 3 is 2.42 bits per heavy atom.